The van der Waals surface area contributed by atoms with Crippen molar-refractivity contribution in [3.05, 3.63) is 0 Å². The molecule has 2 heteroatoms. The monoisotopic (exact) mass is 224 g/mol. The fraction of sp³-hybridized carbons (Fsp3) is 1.00. The molecule has 0 radical (unpaired) electrons. The molecule has 1 saturated carbocycles. The summed E-state index contributed by atoms with van der Waals surface area (Å²) >= 11 is 0. The highest BCUT2D eigenvalue weighted by Gasteiger charge is 2.33. The smallest absolute Gasteiger partial charge is 0.0101 e. The van der Waals surface area contributed by atoms with Gasteiger partial charge in [0.1, 0.15) is 0 Å². The highest BCUT2D eigenvalue weighted by molar-refractivity contribution is 4.89. The van der Waals surface area contributed by atoms with Crippen LogP contribution < -0.4 is 5.73 Å². The number of hydrogen-bond acceptors (Lipinski definition) is 2. The minimum atomic E-state index is 0.450. The van der Waals surface area contributed by atoms with Crippen LogP contribution in [0.25, 0.3) is 0 Å². The van der Waals surface area contributed by atoms with E-state index in [0.717, 1.165) is 17.9 Å². The summed E-state index contributed by atoms with van der Waals surface area (Å²) in [6, 6.07) is 1.99. The molecule has 1 heterocycles. The first-order valence-corrected chi connectivity index (χ1v) is 7.09. The third kappa shape index (κ3) is 2.60. The number of likely N-dealkylation sites (tertiary alicyclic amines) is 1. The summed E-state index contributed by atoms with van der Waals surface area (Å²) in [6.45, 7) is 8.43. The van der Waals surface area contributed by atoms with Gasteiger partial charge < -0.3 is 5.73 Å². The Bertz CT molecular complexity index is 229. The lowest BCUT2D eigenvalue weighted by molar-refractivity contribution is 0.0492. The molecule has 2 N–H and O–H groups in total. The predicted octanol–water partition coefficient (Wildman–Crippen LogP) is 2.62. The highest BCUT2D eigenvalue weighted by atomic mass is 15.2. The van der Waals surface area contributed by atoms with E-state index >= 15 is 0 Å². The molecule has 1 aliphatic heterocycles. The maximum atomic E-state index is 6.04. The van der Waals surface area contributed by atoms with Crippen molar-refractivity contribution in [3.8, 4) is 0 Å². The molecule has 0 amide bonds. The first-order valence-electron chi connectivity index (χ1n) is 7.09. The lowest BCUT2D eigenvalue weighted by Gasteiger charge is -2.45. The Labute approximate surface area is 101 Å². The number of hydrogen-bond donors (Lipinski definition) is 1. The molecule has 2 fully saturated rings. The number of rotatable bonds is 1. The van der Waals surface area contributed by atoms with Gasteiger partial charge in [0.05, 0.1) is 0 Å². The molecule has 2 rings (SSSR count). The van der Waals surface area contributed by atoms with Gasteiger partial charge in [0.2, 0.25) is 0 Å². The molecule has 0 aromatic carbocycles. The molecule has 0 bridgehead atoms. The zero-order chi connectivity index (χ0) is 11.7. The second kappa shape index (κ2) is 5.05. The van der Waals surface area contributed by atoms with Crippen LogP contribution in [0.15, 0.2) is 0 Å². The molecule has 2 nitrogen and oxygen atoms in total. The standard InChI is InChI=1S/C14H28N2/c1-10-4-5-14(8-11(10)2)16-7-6-13(15)9-12(16)3/h10-14H,4-9,15H2,1-3H3. The number of nitrogens with two attached hydrogens (primary N) is 1. The summed E-state index contributed by atoms with van der Waals surface area (Å²) in [4.78, 5) is 2.74. The Morgan fingerprint density at radius 1 is 0.938 bits per heavy atom. The van der Waals surface area contributed by atoms with Crippen molar-refractivity contribution >= 4 is 0 Å². The maximum absolute atomic E-state index is 6.04. The third-order valence-corrected chi connectivity index (χ3v) is 5.01. The van der Waals surface area contributed by atoms with E-state index in [2.05, 4.69) is 25.7 Å². The molecule has 5 unspecified atom stereocenters. The van der Waals surface area contributed by atoms with Gasteiger partial charge in [0.25, 0.3) is 0 Å². The van der Waals surface area contributed by atoms with Crippen molar-refractivity contribution in [1.29, 1.82) is 0 Å². The van der Waals surface area contributed by atoms with Gasteiger partial charge >= 0.3 is 0 Å². The van der Waals surface area contributed by atoms with Crippen LogP contribution in [0.5, 0.6) is 0 Å². The first-order chi connectivity index (χ1) is 7.58. The SMILES string of the molecule is CC1CCC(N2CCC(N)CC2C)CC1C. The second-order valence-electron chi connectivity index (χ2n) is 6.29. The van der Waals surface area contributed by atoms with E-state index in [1.54, 1.807) is 0 Å². The van der Waals surface area contributed by atoms with E-state index in [4.69, 9.17) is 5.73 Å². The topological polar surface area (TPSA) is 29.3 Å². The van der Waals surface area contributed by atoms with E-state index in [-0.39, 0.29) is 0 Å². The lowest BCUT2D eigenvalue weighted by Crippen LogP contribution is -2.51. The molecule has 2 aliphatic rings. The largest absolute Gasteiger partial charge is 0.328 e. The minimum Gasteiger partial charge on any atom is -0.328 e. The average Bonchev–Trinajstić information content (AvgIpc) is 2.22. The van der Waals surface area contributed by atoms with Crippen molar-refractivity contribution < 1.29 is 0 Å². The fourth-order valence-corrected chi connectivity index (χ4v) is 3.59. The molecular formula is C14H28N2. The Morgan fingerprint density at radius 3 is 2.31 bits per heavy atom. The average molecular weight is 224 g/mol. The van der Waals surface area contributed by atoms with E-state index < -0.39 is 0 Å². The first kappa shape index (κ1) is 12.4. The van der Waals surface area contributed by atoms with Crippen LogP contribution in [-0.2, 0) is 0 Å². The summed E-state index contributed by atoms with van der Waals surface area (Å²) in [6.07, 6.45) is 6.62. The zero-order valence-electron chi connectivity index (χ0n) is 11.2. The van der Waals surface area contributed by atoms with Crippen molar-refractivity contribution in [3.63, 3.8) is 0 Å². The van der Waals surface area contributed by atoms with E-state index in [0.29, 0.717) is 12.1 Å². The number of piperidine rings is 1. The Balaban J connectivity index is 1.92. The molecule has 0 aromatic heterocycles. The van der Waals surface area contributed by atoms with Gasteiger partial charge in [-0.1, -0.05) is 13.8 Å². The zero-order valence-corrected chi connectivity index (χ0v) is 11.2. The second-order valence-corrected chi connectivity index (χ2v) is 6.29. The van der Waals surface area contributed by atoms with Gasteiger partial charge in [-0.15, -0.1) is 0 Å². The van der Waals surface area contributed by atoms with Crippen LogP contribution in [0.2, 0.25) is 0 Å². The molecule has 0 aromatic rings. The Hall–Kier alpha value is -0.0800. The van der Waals surface area contributed by atoms with Crippen molar-refractivity contribution in [2.75, 3.05) is 6.54 Å². The van der Waals surface area contributed by atoms with Crippen molar-refractivity contribution in [2.45, 2.75) is 71.0 Å². The van der Waals surface area contributed by atoms with Crippen molar-refractivity contribution in [1.82, 2.24) is 4.90 Å². The number of nitrogens with zero attached hydrogens (tertiary/aromatic N) is 1. The van der Waals surface area contributed by atoms with E-state index in [1.807, 2.05) is 0 Å². The highest BCUT2D eigenvalue weighted by Crippen LogP contribution is 2.34. The van der Waals surface area contributed by atoms with Crippen LogP contribution in [0.1, 0.15) is 52.9 Å². The fourth-order valence-electron chi connectivity index (χ4n) is 3.59. The summed E-state index contributed by atoms with van der Waals surface area (Å²) in [5.41, 5.74) is 6.04. The third-order valence-electron chi connectivity index (χ3n) is 5.01. The molecule has 94 valence electrons. The van der Waals surface area contributed by atoms with Gasteiger partial charge in [-0.25, -0.2) is 0 Å². The van der Waals surface area contributed by atoms with Crippen molar-refractivity contribution in [2.24, 2.45) is 17.6 Å². The maximum Gasteiger partial charge on any atom is 0.0101 e. The van der Waals surface area contributed by atoms with Gasteiger partial charge in [0, 0.05) is 24.7 Å². The van der Waals surface area contributed by atoms with Crippen LogP contribution in [0.3, 0.4) is 0 Å². The summed E-state index contributed by atoms with van der Waals surface area (Å²) in [7, 11) is 0. The molecule has 0 spiro atoms. The van der Waals surface area contributed by atoms with Gasteiger partial charge in [-0.05, 0) is 50.9 Å². The normalized spacial score (nSPS) is 46.9. The quantitative estimate of drug-likeness (QED) is 0.742. The Kier molecular flexibility index (Phi) is 3.91. The predicted molar refractivity (Wildman–Crippen MR) is 69.3 cm³/mol. The summed E-state index contributed by atoms with van der Waals surface area (Å²) in [5.74, 6) is 1.83. The van der Waals surface area contributed by atoms with Crippen LogP contribution in [0, 0.1) is 11.8 Å². The lowest BCUT2D eigenvalue weighted by atomic mass is 9.77. The molecule has 1 aliphatic carbocycles. The van der Waals surface area contributed by atoms with Crippen LogP contribution in [0.4, 0.5) is 0 Å². The molecular weight excluding hydrogens is 196 g/mol. The van der Waals surface area contributed by atoms with Gasteiger partial charge in [-0.3, -0.25) is 4.90 Å². The van der Waals surface area contributed by atoms with E-state index in [9.17, 15) is 0 Å². The summed E-state index contributed by atoms with van der Waals surface area (Å²) < 4.78 is 0. The van der Waals surface area contributed by atoms with E-state index in [1.165, 1.54) is 38.6 Å². The van der Waals surface area contributed by atoms with Crippen LogP contribution in [-0.4, -0.2) is 29.6 Å². The minimum absolute atomic E-state index is 0.450. The summed E-state index contributed by atoms with van der Waals surface area (Å²) in [5, 5.41) is 0. The van der Waals surface area contributed by atoms with Gasteiger partial charge in [0.15, 0.2) is 0 Å². The molecule has 16 heavy (non-hydrogen) atoms. The van der Waals surface area contributed by atoms with Crippen LogP contribution >= 0.6 is 0 Å². The Morgan fingerprint density at radius 2 is 1.69 bits per heavy atom. The van der Waals surface area contributed by atoms with Gasteiger partial charge in [-0.2, -0.15) is 0 Å². The molecule has 5 atom stereocenters. The molecule has 1 saturated heterocycles.